The molecular weight excluding hydrogens is 407 g/mol. The highest BCUT2D eigenvalue weighted by atomic mass is 19.4. The number of aromatic amines is 1. The maximum absolute atomic E-state index is 13.1. The van der Waals surface area contributed by atoms with Crippen molar-refractivity contribution in [1.29, 1.82) is 5.26 Å². The monoisotopic (exact) mass is 423 g/mol. The van der Waals surface area contributed by atoms with E-state index in [9.17, 15) is 18.4 Å². The molecule has 1 aromatic carbocycles. The molecule has 0 spiro atoms. The van der Waals surface area contributed by atoms with Crippen LogP contribution in [0.2, 0.25) is 0 Å². The molecule has 3 aromatic heterocycles. The quantitative estimate of drug-likeness (QED) is 0.435. The van der Waals surface area contributed by atoms with Crippen molar-refractivity contribution in [3.8, 4) is 17.3 Å². The number of H-pyrrole nitrogens is 1. The fourth-order valence-corrected chi connectivity index (χ4v) is 3.08. The van der Waals surface area contributed by atoms with Crippen molar-refractivity contribution in [3.63, 3.8) is 0 Å². The topological polar surface area (TPSA) is 102 Å². The van der Waals surface area contributed by atoms with Gasteiger partial charge in [0.25, 0.3) is 0 Å². The molecule has 0 aliphatic heterocycles. The third-order valence-corrected chi connectivity index (χ3v) is 4.72. The van der Waals surface area contributed by atoms with Gasteiger partial charge in [-0.05, 0) is 23.8 Å². The number of alkyl halides is 3. The van der Waals surface area contributed by atoms with E-state index >= 15 is 0 Å². The molecule has 0 saturated heterocycles. The first-order chi connectivity index (χ1) is 14.9. The molecule has 4 rings (SSSR count). The molecule has 0 unspecified atom stereocenters. The van der Waals surface area contributed by atoms with Gasteiger partial charge in [-0.1, -0.05) is 12.1 Å². The van der Waals surface area contributed by atoms with Crippen molar-refractivity contribution in [1.82, 2.24) is 19.9 Å². The molecule has 0 aliphatic rings. The van der Waals surface area contributed by atoms with Crippen LogP contribution in [-0.4, -0.2) is 27.0 Å². The largest absolute Gasteiger partial charge is 0.417 e. The highest BCUT2D eigenvalue weighted by molar-refractivity contribution is 5.94. The van der Waals surface area contributed by atoms with Crippen LogP contribution < -0.4 is 10.6 Å². The summed E-state index contributed by atoms with van der Waals surface area (Å²) in [4.78, 5) is 15.2. The smallest absolute Gasteiger partial charge is 0.388 e. The Morgan fingerprint density at radius 2 is 1.90 bits per heavy atom. The zero-order valence-electron chi connectivity index (χ0n) is 16.2. The van der Waals surface area contributed by atoms with E-state index in [1.807, 2.05) is 37.4 Å². The number of anilines is 2. The van der Waals surface area contributed by atoms with Crippen LogP contribution in [0.1, 0.15) is 16.7 Å². The zero-order valence-corrected chi connectivity index (χ0v) is 16.2. The fourth-order valence-electron chi connectivity index (χ4n) is 3.08. The van der Waals surface area contributed by atoms with Crippen molar-refractivity contribution in [2.45, 2.75) is 12.7 Å². The molecule has 0 aliphatic carbocycles. The number of nitrogens with one attached hydrogen (secondary N) is 3. The summed E-state index contributed by atoms with van der Waals surface area (Å²) >= 11 is 0. The summed E-state index contributed by atoms with van der Waals surface area (Å²) in [5, 5.41) is 15.8. The van der Waals surface area contributed by atoms with Gasteiger partial charge in [-0.25, -0.2) is 15.0 Å². The summed E-state index contributed by atoms with van der Waals surface area (Å²) in [6.07, 6.45) is -0.939. The summed E-state index contributed by atoms with van der Waals surface area (Å²) in [7, 11) is 1.83. The summed E-state index contributed by atoms with van der Waals surface area (Å²) in [6.45, 7) is 0.434. The van der Waals surface area contributed by atoms with E-state index in [2.05, 4.69) is 30.6 Å². The number of fused-ring (bicyclic) bond motifs is 1. The maximum atomic E-state index is 13.1. The highest BCUT2D eigenvalue weighted by Crippen LogP contribution is 2.34. The lowest BCUT2D eigenvalue weighted by atomic mass is 10.1. The van der Waals surface area contributed by atoms with Crippen molar-refractivity contribution in [2.75, 3.05) is 17.7 Å². The number of hydrogen-bond donors (Lipinski definition) is 3. The first-order valence-corrected chi connectivity index (χ1v) is 9.21. The molecule has 156 valence electrons. The number of aromatic nitrogens is 4. The minimum absolute atomic E-state index is 0.141. The molecule has 0 fully saturated rings. The third kappa shape index (κ3) is 4.11. The van der Waals surface area contributed by atoms with Crippen LogP contribution in [0.4, 0.5) is 24.8 Å². The maximum Gasteiger partial charge on any atom is 0.417 e. The second kappa shape index (κ2) is 7.95. The SMILES string of the molecule is CNc1ccc(CNc2ncc(C#N)c(-c3c[nH]c4ncc(C(F)(F)F)cc34)n2)cc1. The average molecular weight is 423 g/mol. The van der Waals surface area contributed by atoms with Crippen LogP contribution >= 0.6 is 0 Å². The van der Waals surface area contributed by atoms with E-state index < -0.39 is 11.7 Å². The van der Waals surface area contributed by atoms with Gasteiger partial charge in [-0.3, -0.25) is 0 Å². The highest BCUT2D eigenvalue weighted by Gasteiger charge is 2.31. The predicted octanol–water partition coefficient (Wildman–Crippen LogP) is 4.56. The molecule has 31 heavy (non-hydrogen) atoms. The van der Waals surface area contributed by atoms with Crippen LogP contribution in [0, 0.1) is 11.3 Å². The Balaban J connectivity index is 1.68. The minimum Gasteiger partial charge on any atom is -0.388 e. The van der Waals surface area contributed by atoms with Crippen LogP contribution in [0.3, 0.4) is 0 Å². The van der Waals surface area contributed by atoms with Gasteiger partial charge in [-0.2, -0.15) is 18.4 Å². The van der Waals surface area contributed by atoms with E-state index in [1.165, 1.54) is 12.4 Å². The fraction of sp³-hybridized carbons (Fsp3) is 0.143. The Morgan fingerprint density at radius 1 is 1.13 bits per heavy atom. The third-order valence-electron chi connectivity index (χ3n) is 4.72. The van der Waals surface area contributed by atoms with Gasteiger partial charge in [0.15, 0.2) is 0 Å². The Kier molecular flexibility index (Phi) is 5.17. The predicted molar refractivity (Wildman–Crippen MR) is 110 cm³/mol. The van der Waals surface area contributed by atoms with E-state index in [0.717, 1.165) is 23.5 Å². The normalized spacial score (nSPS) is 11.3. The number of nitrogens with zero attached hydrogens (tertiary/aromatic N) is 4. The first-order valence-electron chi connectivity index (χ1n) is 9.21. The van der Waals surface area contributed by atoms with Gasteiger partial charge in [0.1, 0.15) is 11.7 Å². The molecule has 0 amide bonds. The van der Waals surface area contributed by atoms with E-state index in [4.69, 9.17) is 0 Å². The Hall–Kier alpha value is -4.13. The minimum atomic E-state index is -4.53. The Bertz CT molecular complexity index is 1270. The average Bonchev–Trinajstić information content (AvgIpc) is 3.20. The zero-order chi connectivity index (χ0) is 22.0. The molecule has 0 saturated carbocycles. The van der Waals surface area contributed by atoms with Crippen LogP contribution in [-0.2, 0) is 12.7 Å². The molecule has 0 atom stereocenters. The van der Waals surface area contributed by atoms with Gasteiger partial charge in [-0.15, -0.1) is 0 Å². The molecule has 7 nitrogen and oxygen atoms in total. The summed E-state index contributed by atoms with van der Waals surface area (Å²) in [5.41, 5.74) is 2.06. The summed E-state index contributed by atoms with van der Waals surface area (Å²) < 4.78 is 39.4. The van der Waals surface area contributed by atoms with Gasteiger partial charge >= 0.3 is 6.18 Å². The van der Waals surface area contributed by atoms with Gasteiger partial charge in [0.05, 0.1) is 23.0 Å². The lowest BCUT2D eigenvalue weighted by Crippen LogP contribution is -2.06. The van der Waals surface area contributed by atoms with Crippen LogP contribution in [0.5, 0.6) is 0 Å². The molecular formula is C21H16F3N7. The number of rotatable bonds is 5. The van der Waals surface area contributed by atoms with Crippen molar-refractivity contribution >= 4 is 22.7 Å². The molecule has 10 heteroatoms. The number of nitriles is 1. The lowest BCUT2D eigenvalue weighted by Gasteiger charge is -2.09. The second-order valence-corrected chi connectivity index (χ2v) is 6.69. The van der Waals surface area contributed by atoms with Gasteiger partial charge < -0.3 is 15.6 Å². The van der Waals surface area contributed by atoms with Gasteiger partial charge in [0.2, 0.25) is 5.95 Å². The van der Waals surface area contributed by atoms with E-state index in [-0.39, 0.29) is 28.2 Å². The van der Waals surface area contributed by atoms with Crippen molar-refractivity contribution < 1.29 is 13.2 Å². The van der Waals surface area contributed by atoms with Crippen molar-refractivity contribution in [2.24, 2.45) is 0 Å². The number of halogens is 3. The lowest BCUT2D eigenvalue weighted by molar-refractivity contribution is -0.137. The van der Waals surface area contributed by atoms with Crippen LogP contribution in [0.25, 0.3) is 22.3 Å². The molecule has 0 bridgehead atoms. The van der Waals surface area contributed by atoms with E-state index in [1.54, 1.807) is 0 Å². The standard InChI is InChI=1S/C21H16F3N7/c1-26-15-4-2-12(3-5-15)8-29-20-30-9-13(7-25)18(31-20)17-11-28-19-16(17)6-14(10-27-19)21(22,23)24/h2-6,9-11,26H,8H2,1H3,(H,27,28)(H,29,30,31). The van der Waals surface area contributed by atoms with E-state index in [0.29, 0.717) is 12.1 Å². The number of pyridine rings is 1. The molecule has 4 aromatic rings. The molecule has 3 heterocycles. The Labute approximate surface area is 175 Å². The van der Waals surface area contributed by atoms with Crippen molar-refractivity contribution in [3.05, 3.63) is 65.6 Å². The number of benzene rings is 1. The molecule has 3 N–H and O–H groups in total. The summed E-state index contributed by atoms with van der Waals surface area (Å²) in [6, 6.07) is 10.7. The first kappa shape index (κ1) is 20.2. The Morgan fingerprint density at radius 3 is 2.58 bits per heavy atom. The second-order valence-electron chi connectivity index (χ2n) is 6.69. The van der Waals surface area contributed by atoms with Gasteiger partial charge in [0, 0.05) is 42.6 Å². The number of hydrogen-bond acceptors (Lipinski definition) is 6. The molecule has 0 radical (unpaired) electrons. The van der Waals surface area contributed by atoms with Crippen LogP contribution in [0.15, 0.2) is 48.9 Å². The summed E-state index contributed by atoms with van der Waals surface area (Å²) in [5.74, 6) is 0.251.